The fourth-order valence-electron chi connectivity index (χ4n) is 6.17. The third kappa shape index (κ3) is 7.40. The van der Waals surface area contributed by atoms with E-state index < -0.39 is 47.0 Å². The van der Waals surface area contributed by atoms with Crippen molar-refractivity contribution in [1.29, 1.82) is 0 Å². The summed E-state index contributed by atoms with van der Waals surface area (Å²) in [6.45, 7) is 2.81. The predicted molar refractivity (Wildman–Crippen MR) is 150 cm³/mol. The average Bonchev–Trinajstić information content (AvgIpc) is 3.00. The maximum Gasteiger partial charge on any atom is 0.432 e. The zero-order valence-electron chi connectivity index (χ0n) is 24.4. The van der Waals surface area contributed by atoms with Crippen LogP contribution in [-0.4, -0.2) is 13.2 Å². The Bertz CT molecular complexity index is 1370. The number of alkyl halides is 2. The number of hydrogen-bond acceptors (Lipinski definition) is 3. The molecule has 0 N–H and O–H groups in total. The van der Waals surface area contributed by atoms with Crippen LogP contribution in [0.25, 0.3) is 0 Å². The predicted octanol–water partition coefficient (Wildman–Crippen LogP) is 10.2. The number of unbranched alkanes of at least 4 members (excludes halogenated alkanes) is 2. The van der Waals surface area contributed by atoms with Crippen molar-refractivity contribution in [3.8, 4) is 5.75 Å². The smallest absolute Gasteiger partial charge is 0.429 e. The van der Waals surface area contributed by atoms with E-state index in [-0.39, 0.29) is 29.1 Å². The minimum Gasteiger partial charge on any atom is -0.429 e. The summed E-state index contributed by atoms with van der Waals surface area (Å²) in [5.41, 5.74) is -0.285. The first-order valence-electron chi connectivity index (χ1n) is 15.1. The minimum atomic E-state index is -4.30. The van der Waals surface area contributed by atoms with Gasteiger partial charge in [0.1, 0.15) is 22.9 Å². The summed E-state index contributed by atoms with van der Waals surface area (Å²) in [7, 11) is 0. The van der Waals surface area contributed by atoms with Crippen molar-refractivity contribution in [1.82, 2.24) is 0 Å². The van der Waals surface area contributed by atoms with Gasteiger partial charge in [0, 0.05) is 11.5 Å². The molecule has 0 radical (unpaired) electrons. The van der Waals surface area contributed by atoms with Gasteiger partial charge in [0.15, 0.2) is 23.7 Å². The van der Waals surface area contributed by atoms with E-state index >= 15 is 8.78 Å². The Morgan fingerprint density at radius 2 is 1.23 bits per heavy atom. The number of hydrogen-bond donors (Lipinski definition) is 0. The highest BCUT2D eigenvalue weighted by atomic mass is 19.3. The Balaban J connectivity index is 1.18. The lowest BCUT2D eigenvalue weighted by Crippen LogP contribution is -2.28. The van der Waals surface area contributed by atoms with Crippen molar-refractivity contribution < 1.29 is 44.9 Å². The van der Waals surface area contributed by atoms with Crippen molar-refractivity contribution >= 4 is 0 Å². The van der Waals surface area contributed by atoms with Crippen molar-refractivity contribution in [2.24, 2.45) is 5.92 Å². The van der Waals surface area contributed by atoms with Gasteiger partial charge in [-0.15, -0.1) is 0 Å². The van der Waals surface area contributed by atoms with E-state index in [1.165, 1.54) is 12.1 Å². The lowest BCUT2D eigenvalue weighted by atomic mass is 9.76. The maximum absolute atomic E-state index is 15.0. The molecule has 3 nitrogen and oxygen atoms in total. The van der Waals surface area contributed by atoms with E-state index in [4.69, 9.17) is 14.2 Å². The standard InChI is InChI=1S/C34H35F7O3/c1-2-3-4-5-20-18-42-33(43-19-20)25-16-27(35)31(28(36)17-25)34(40,41)44-26-12-10-22(11-13-26)21-6-8-23(9-7-21)24-14-29(37)32(39)30(38)15-24/h10-17,20-21,23,33H,2-9,18-19H2,1H3. The van der Waals surface area contributed by atoms with Gasteiger partial charge in [-0.05, 0) is 91.5 Å². The Kier molecular flexibility index (Phi) is 10.2. The number of halogens is 7. The van der Waals surface area contributed by atoms with Gasteiger partial charge in [-0.3, -0.25) is 0 Å². The first-order chi connectivity index (χ1) is 21.1. The Morgan fingerprint density at radius 1 is 0.705 bits per heavy atom. The molecule has 0 bridgehead atoms. The van der Waals surface area contributed by atoms with Gasteiger partial charge in [0.25, 0.3) is 0 Å². The van der Waals surface area contributed by atoms with E-state index in [0.717, 1.165) is 55.5 Å². The molecule has 5 rings (SSSR count). The summed E-state index contributed by atoms with van der Waals surface area (Å²) >= 11 is 0. The van der Waals surface area contributed by atoms with Gasteiger partial charge in [-0.2, -0.15) is 8.78 Å². The Labute approximate surface area is 252 Å². The second kappa shape index (κ2) is 13.9. The van der Waals surface area contributed by atoms with Crippen LogP contribution in [0.4, 0.5) is 30.7 Å². The molecule has 0 aromatic heterocycles. The second-order valence-electron chi connectivity index (χ2n) is 11.8. The SMILES string of the molecule is CCCCCC1COC(c2cc(F)c(C(F)(F)Oc3ccc(C4CCC(c5cc(F)c(F)c(F)c5)CC4)cc3)c(F)c2)OC1. The fourth-order valence-corrected chi connectivity index (χ4v) is 6.17. The lowest BCUT2D eigenvalue weighted by molar-refractivity contribution is -0.206. The van der Waals surface area contributed by atoms with E-state index in [1.54, 1.807) is 12.1 Å². The van der Waals surface area contributed by atoms with E-state index in [0.29, 0.717) is 44.5 Å². The van der Waals surface area contributed by atoms with Gasteiger partial charge >= 0.3 is 6.11 Å². The lowest BCUT2D eigenvalue weighted by Gasteiger charge is -2.30. The zero-order valence-corrected chi connectivity index (χ0v) is 24.4. The van der Waals surface area contributed by atoms with Crippen LogP contribution in [0, 0.1) is 35.0 Å². The van der Waals surface area contributed by atoms with Crippen LogP contribution in [-0.2, 0) is 15.6 Å². The molecule has 0 atom stereocenters. The summed E-state index contributed by atoms with van der Waals surface area (Å²) in [5, 5.41) is 0. The maximum atomic E-state index is 15.0. The fraction of sp³-hybridized carbons (Fsp3) is 0.471. The van der Waals surface area contributed by atoms with Crippen LogP contribution in [0.5, 0.6) is 5.75 Å². The summed E-state index contributed by atoms with van der Waals surface area (Å²) in [6, 6.07) is 9.45. The molecule has 3 aromatic rings. The molecule has 3 aromatic carbocycles. The van der Waals surface area contributed by atoms with Gasteiger partial charge in [0.05, 0.1) is 13.2 Å². The number of ether oxygens (including phenoxy) is 3. The van der Waals surface area contributed by atoms with Crippen LogP contribution in [0.3, 0.4) is 0 Å². The highest BCUT2D eigenvalue weighted by molar-refractivity contribution is 5.34. The van der Waals surface area contributed by atoms with E-state index in [2.05, 4.69) is 6.92 Å². The van der Waals surface area contributed by atoms with Crippen LogP contribution in [0.15, 0.2) is 48.5 Å². The highest BCUT2D eigenvalue weighted by Crippen LogP contribution is 2.42. The largest absolute Gasteiger partial charge is 0.432 e. The normalized spacial score (nSPS) is 22.6. The molecular formula is C34H35F7O3. The number of benzene rings is 3. The van der Waals surface area contributed by atoms with Gasteiger partial charge in [-0.1, -0.05) is 38.3 Å². The Morgan fingerprint density at radius 3 is 1.77 bits per heavy atom. The van der Waals surface area contributed by atoms with Gasteiger partial charge in [0.2, 0.25) is 0 Å². The van der Waals surface area contributed by atoms with Crippen LogP contribution < -0.4 is 4.74 Å². The molecule has 44 heavy (non-hydrogen) atoms. The van der Waals surface area contributed by atoms with Crippen molar-refractivity contribution in [2.45, 2.75) is 82.5 Å². The molecule has 1 heterocycles. The summed E-state index contributed by atoms with van der Waals surface area (Å²) < 4.78 is 117. The van der Waals surface area contributed by atoms with Crippen molar-refractivity contribution in [3.05, 3.63) is 99.9 Å². The highest BCUT2D eigenvalue weighted by Gasteiger charge is 2.42. The summed E-state index contributed by atoms with van der Waals surface area (Å²) in [4.78, 5) is 0. The van der Waals surface area contributed by atoms with Gasteiger partial charge < -0.3 is 14.2 Å². The summed E-state index contributed by atoms with van der Waals surface area (Å²) in [6.07, 6.45) is 1.31. The molecule has 0 unspecified atom stereocenters. The monoisotopic (exact) mass is 624 g/mol. The molecule has 10 heteroatoms. The van der Waals surface area contributed by atoms with Crippen molar-refractivity contribution in [3.63, 3.8) is 0 Å². The van der Waals surface area contributed by atoms with Crippen LogP contribution in [0.2, 0.25) is 0 Å². The third-order valence-electron chi connectivity index (χ3n) is 8.61. The molecule has 0 spiro atoms. The molecule has 2 aliphatic rings. The minimum absolute atomic E-state index is 0.0275. The molecule has 1 aliphatic carbocycles. The summed E-state index contributed by atoms with van der Waals surface area (Å²) in [5.74, 6) is -7.05. The first-order valence-corrected chi connectivity index (χ1v) is 15.1. The van der Waals surface area contributed by atoms with E-state index in [1.807, 2.05) is 0 Å². The molecule has 1 aliphatic heterocycles. The second-order valence-corrected chi connectivity index (χ2v) is 11.8. The molecule has 238 valence electrons. The molecule has 2 fully saturated rings. The zero-order chi connectivity index (χ0) is 31.4. The first kappa shape index (κ1) is 32.3. The van der Waals surface area contributed by atoms with Crippen molar-refractivity contribution in [2.75, 3.05) is 13.2 Å². The van der Waals surface area contributed by atoms with E-state index in [9.17, 15) is 22.0 Å². The van der Waals surface area contributed by atoms with Crippen LogP contribution >= 0.6 is 0 Å². The average molecular weight is 625 g/mol. The number of rotatable bonds is 10. The Hall–Kier alpha value is -3.11. The quantitative estimate of drug-likeness (QED) is 0.128. The molecule has 0 amide bonds. The topological polar surface area (TPSA) is 27.7 Å². The molecule has 1 saturated carbocycles. The molecule has 1 saturated heterocycles. The molecular weight excluding hydrogens is 589 g/mol. The third-order valence-corrected chi connectivity index (χ3v) is 8.61. The van der Waals surface area contributed by atoms with Crippen LogP contribution in [0.1, 0.15) is 98.7 Å². The van der Waals surface area contributed by atoms with Gasteiger partial charge in [-0.25, -0.2) is 22.0 Å².